The zero-order valence-electron chi connectivity index (χ0n) is 22.9. The minimum Gasteiger partial charge on any atom is -0.356 e. The van der Waals surface area contributed by atoms with Gasteiger partial charge in [0, 0.05) is 24.6 Å². The van der Waals surface area contributed by atoms with Crippen molar-refractivity contribution in [2.24, 2.45) is 0 Å². The van der Waals surface area contributed by atoms with E-state index in [9.17, 15) is 0 Å². The highest BCUT2D eigenvalue weighted by atomic mass is 15.4. The fourth-order valence-corrected chi connectivity index (χ4v) is 5.32. The first kappa shape index (κ1) is 28.8. The van der Waals surface area contributed by atoms with Crippen LogP contribution in [0.25, 0.3) is 0 Å². The predicted molar refractivity (Wildman–Crippen MR) is 152 cm³/mol. The smallest absolute Gasteiger partial charge is 0.105 e. The summed E-state index contributed by atoms with van der Waals surface area (Å²) in [4.78, 5) is 5.12. The number of hydrogen-bond acceptors (Lipinski definition) is 2. The van der Waals surface area contributed by atoms with E-state index in [2.05, 4.69) is 66.4 Å². The molecule has 0 aliphatic carbocycles. The molecule has 0 fully saturated rings. The van der Waals surface area contributed by atoms with E-state index < -0.39 is 0 Å². The van der Waals surface area contributed by atoms with E-state index in [1.807, 2.05) is 0 Å². The highest BCUT2D eigenvalue weighted by molar-refractivity contribution is 5.51. The average molecular weight is 469 g/mol. The molecule has 0 saturated carbocycles. The lowest BCUT2D eigenvalue weighted by atomic mass is 10.0. The van der Waals surface area contributed by atoms with Gasteiger partial charge in [0.25, 0.3) is 0 Å². The monoisotopic (exact) mass is 468 g/mol. The Morgan fingerprint density at radius 3 is 1.53 bits per heavy atom. The van der Waals surface area contributed by atoms with E-state index in [0.29, 0.717) is 6.17 Å². The van der Waals surface area contributed by atoms with E-state index >= 15 is 0 Å². The quantitative estimate of drug-likeness (QED) is 0.156. The Bertz CT molecular complexity index is 596. The largest absolute Gasteiger partial charge is 0.356 e. The van der Waals surface area contributed by atoms with E-state index in [4.69, 9.17) is 0 Å². The van der Waals surface area contributed by atoms with Crippen molar-refractivity contribution in [2.45, 2.75) is 148 Å². The van der Waals surface area contributed by atoms with Gasteiger partial charge in [-0.05, 0) is 31.4 Å². The van der Waals surface area contributed by atoms with Gasteiger partial charge in [-0.15, -0.1) is 0 Å². The van der Waals surface area contributed by atoms with Crippen LogP contribution in [0.3, 0.4) is 0 Å². The third-order valence-corrected chi connectivity index (χ3v) is 7.51. The van der Waals surface area contributed by atoms with Crippen LogP contribution in [0.2, 0.25) is 0 Å². The Kier molecular flexibility index (Phi) is 16.8. The van der Waals surface area contributed by atoms with Gasteiger partial charge in [-0.2, -0.15) is 0 Å². The highest BCUT2D eigenvalue weighted by Gasteiger charge is 2.26. The summed E-state index contributed by atoms with van der Waals surface area (Å²) >= 11 is 0. The van der Waals surface area contributed by atoms with Gasteiger partial charge in [0.05, 0.1) is 0 Å². The summed E-state index contributed by atoms with van der Waals surface area (Å²) in [7, 11) is 0. The second-order valence-corrected chi connectivity index (χ2v) is 10.6. The third kappa shape index (κ3) is 12.3. The molecule has 0 N–H and O–H groups in total. The Morgan fingerprint density at radius 2 is 1.00 bits per heavy atom. The van der Waals surface area contributed by atoms with Gasteiger partial charge in [-0.3, -0.25) is 0 Å². The van der Waals surface area contributed by atoms with Crippen molar-refractivity contribution in [3.8, 4) is 0 Å². The fraction of sp³-hybridized carbons (Fsp3) is 0.750. The van der Waals surface area contributed by atoms with Crippen LogP contribution in [-0.4, -0.2) is 17.6 Å². The summed E-state index contributed by atoms with van der Waals surface area (Å²) in [5.41, 5.74) is 1.33. The Morgan fingerprint density at radius 1 is 0.529 bits per heavy atom. The molecule has 194 valence electrons. The third-order valence-electron chi connectivity index (χ3n) is 7.51. The second kappa shape index (κ2) is 19.8. The summed E-state index contributed by atoms with van der Waals surface area (Å²) in [6.07, 6.45) is 33.3. The van der Waals surface area contributed by atoms with Crippen LogP contribution < -0.4 is 4.90 Å². The number of rotatable bonds is 22. The van der Waals surface area contributed by atoms with Crippen LogP contribution in [0.5, 0.6) is 0 Å². The van der Waals surface area contributed by atoms with Crippen molar-refractivity contribution in [3.05, 3.63) is 42.7 Å². The van der Waals surface area contributed by atoms with Crippen molar-refractivity contribution in [1.29, 1.82) is 0 Å². The first-order valence-electron chi connectivity index (χ1n) is 15.1. The molecule has 1 atom stereocenters. The van der Waals surface area contributed by atoms with E-state index in [0.717, 1.165) is 0 Å². The first-order chi connectivity index (χ1) is 16.9. The molecular weight excluding hydrogens is 412 g/mol. The standard InChI is InChI=1S/C32H56N2/c1-3-5-7-9-10-11-12-13-14-15-16-17-19-24-28-33-29-30-34(31-25-21-20-22-26-31)32(33)27-23-18-8-6-4-2/h20-22,25-26,29-30,32H,3-19,23-24,27-28H2,1-2H3. The molecule has 0 aromatic heterocycles. The van der Waals surface area contributed by atoms with Crippen LogP contribution in [-0.2, 0) is 0 Å². The average Bonchev–Trinajstić information content (AvgIpc) is 3.27. The molecule has 0 radical (unpaired) electrons. The Hall–Kier alpha value is -1.44. The molecule has 2 rings (SSSR count). The molecule has 0 bridgehead atoms. The van der Waals surface area contributed by atoms with Crippen molar-refractivity contribution in [2.75, 3.05) is 11.4 Å². The van der Waals surface area contributed by atoms with Gasteiger partial charge in [0.15, 0.2) is 0 Å². The molecule has 34 heavy (non-hydrogen) atoms. The summed E-state index contributed by atoms with van der Waals surface area (Å²) in [5, 5.41) is 0. The normalized spacial score (nSPS) is 15.5. The minimum absolute atomic E-state index is 0.506. The van der Waals surface area contributed by atoms with E-state index in [1.54, 1.807) is 0 Å². The van der Waals surface area contributed by atoms with Crippen molar-refractivity contribution >= 4 is 5.69 Å². The molecule has 1 aliphatic heterocycles. The Balaban J connectivity index is 1.56. The number of para-hydroxylation sites is 1. The zero-order valence-corrected chi connectivity index (χ0v) is 22.9. The zero-order chi connectivity index (χ0) is 24.1. The molecule has 1 unspecified atom stereocenters. The van der Waals surface area contributed by atoms with Gasteiger partial charge in [0.1, 0.15) is 6.17 Å². The van der Waals surface area contributed by atoms with Crippen molar-refractivity contribution in [3.63, 3.8) is 0 Å². The van der Waals surface area contributed by atoms with E-state index in [1.165, 1.54) is 141 Å². The highest BCUT2D eigenvalue weighted by Crippen LogP contribution is 2.28. The molecule has 1 aliphatic rings. The molecule has 1 heterocycles. The second-order valence-electron chi connectivity index (χ2n) is 10.6. The maximum atomic E-state index is 2.62. The predicted octanol–water partition coefficient (Wildman–Crippen LogP) is 10.4. The van der Waals surface area contributed by atoms with Crippen LogP contribution in [0, 0.1) is 0 Å². The van der Waals surface area contributed by atoms with Crippen molar-refractivity contribution in [1.82, 2.24) is 4.90 Å². The molecular formula is C32H56N2. The number of hydrogen-bond donors (Lipinski definition) is 0. The SMILES string of the molecule is CCCCCCCCCCCCCCCCN1C=CN(c2ccccc2)C1CCCCCCC. The van der Waals surface area contributed by atoms with Gasteiger partial charge in [-0.25, -0.2) is 0 Å². The summed E-state index contributed by atoms with van der Waals surface area (Å²) in [5.74, 6) is 0. The van der Waals surface area contributed by atoms with Gasteiger partial charge < -0.3 is 9.80 Å². The number of unbranched alkanes of at least 4 members (excludes halogenated alkanes) is 17. The van der Waals surface area contributed by atoms with E-state index in [-0.39, 0.29) is 0 Å². The van der Waals surface area contributed by atoms with Crippen LogP contribution >= 0.6 is 0 Å². The maximum absolute atomic E-state index is 2.62. The number of nitrogens with zero attached hydrogens (tertiary/aromatic N) is 2. The molecule has 0 spiro atoms. The lowest BCUT2D eigenvalue weighted by Crippen LogP contribution is -2.39. The van der Waals surface area contributed by atoms with Crippen LogP contribution in [0.15, 0.2) is 42.7 Å². The number of anilines is 1. The molecule has 1 aromatic carbocycles. The molecule has 0 saturated heterocycles. The molecule has 0 amide bonds. The lowest BCUT2D eigenvalue weighted by molar-refractivity contribution is 0.273. The van der Waals surface area contributed by atoms with Crippen molar-refractivity contribution < 1.29 is 0 Å². The van der Waals surface area contributed by atoms with Crippen LogP contribution in [0.1, 0.15) is 142 Å². The summed E-state index contributed by atoms with van der Waals surface area (Å²) in [6, 6.07) is 11.0. The molecule has 1 aromatic rings. The summed E-state index contributed by atoms with van der Waals surface area (Å²) < 4.78 is 0. The van der Waals surface area contributed by atoms with Gasteiger partial charge in [0.2, 0.25) is 0 Å². The molecule has 2 nitrogen and oxygen atoms in total. The topological polar surface area (TPSA) is 6.48 Å². The fourth-order valence-electron chi connectivity index (χ4n) is 5.32. The lowest BCUT2D eigenvalue weighted by Gasteiger charge is -2.33. The number of benzene rings is 1. The first-order valence-corrected chi connectivity index (χ1v) is 15.1. The summed E-state index contributed by atoms with van der Waals surface area (Å²) in [6.45, 7) is 5.81. The Labute approximate surface area is 213 Å². The van der Waals surface area contributed by atoms with Crippen LogP contribution in [0.4, 0.5) is 5.69 Å². The minimum atomic E-state index is 0.506. The van der Waals surface area contributed by atoms with Gasteiger partial charge >= 0.3 is 0 Å². The molecule has 2 heteroatoms. The van der Waals surface area contributed by atoms with Gasteiger partial charge in [-0.1, -0.05) is 141 Å². The maximum Gasteiger partial charge on any atom is 0.105 e.